The van der Waals surface area contributed by atoms with Crippen LogP contribution in [0.1, 0.15) is 18.4 Å². The van der Waals surface area contributed by atoms with E-state index in [0.29, 0.717) is 5.92 Å². The maximum absolute atomic E-state index is 12.8. The fraction of sp³-hybridized carbons (Fsp3) is 0.538. The third-order valence-electron chi connectivity index (χ3n) is 3.34. The van der Waals surface area contributed by atoms with Crippen molar-refractivity contribution in [2.75, 3.05) is 7.11 Å². The van der Waals surface area contributed by atoms with Crippen LogP contribution in [0.25, 0.3) is 0 Å². The number of methoxy groups -OCH3 is 1. The Hall–Kier alpha value is -0.970. The lowest BCUT2D eigenvalue weighted by molar-refractivity contribution is 0.0511. The molecule has 1 aromatic carbocycles. The van der Waals surface area contributed by atoms with E-state index in [0.717, 1.165) is 12.0 Å². The summed E-state index contributed by atoms with van der Waals surface area (Å²) in [7, 11) is 1.72. The van der Waals surface area contributed by atoms with Crippen LogP contribution in [0.5, 0.6) is 0 Å². The van der Waals surface area contributed by atoms with Crippen molar-refractivity contribution in [3.05, 3.63) is 35.6 Å². The van der Waals surface area contributed by atoms with E-state index >= 15 is 0 Å². The highest BCUT2D eigenvalue weighted by atomic mass is 19.1. The largest absolute Gasteiger partial charge is 0.379 e. The summed E-state index contributed by atoms with van der Waals surface area (Å²) in [6.07, 6.45) is 3.32. The van der Waals surface area contributed by atoms with E-state index in [1.165, 1.54) is 25.0 Å². The number of hydrazine groups is 1. The minimum atomic E-state index is -0.212. The number of hydrogen-bond acceptors (Lipinski definition) is 3. The SMILES string of the molecule is COC(C1CC1)C(Cc1ccc(F)cc1)NN. The van der Waals surface area contributed by atoms with Gasteiger partial charge < -0.3 is 4.74 Å². The highest BCUT2D eigenvalue weighted by Gasteiger charge is 2.36. The van der Waals surface area contributed by atoms with Gasteiger partial charge in [-0.3, -0.25) is 11.3 Å². The zero-order chi connectivity index (χ0) is 12.3. The van der Waals surface area contributed by atoms with Crippen molar-refractivity contribution in [1.29, 1.82) is 0 Å². The Morgan fingerprint density at radius 2 is 2.06 bits per heavy atom. The minimum absolute atomic E-state index is 0.0814. The summed E-state index contributed by atoms with van der Waals surface area (Å²) in [4.78, 5) is 0. The van der Waals surface area contributed by atoms with Crippen molar-refractivity contribution in [2.24, 2.45) is 11.8 Å². The van der Waals surface area contributed by atoms with Crippen LogP contribution in [0, 0.1) is 11.7 Å². The second kappa shape index (κ2) is 5.58. The zero-order valence-electron chi connectivity index (χ0n) is 10.0. The molecule has 1 saturated carbocycles. The van der Waals surface area contributed by atoms with Gasteiger partial charge in [-0.1, -0.05) is 12.1 Å². The normalized spacial score (nSPS) is 19.0. The van der Waals surface area contributed by atoms with Crippen LogP contribution >= 0.6 is 0 Å². The van der Waals surface area contributed by atoms with Crippen LogP contribution in [0.3, 0.4) is 0 Å². The number of rotatable bonds is 6. The molecule has 0 aliphatic heterocycles. The molecule has 0 radical (unpaired) electrons. The summed E-state index contributed by atoms with van der Waals surface area (Å²) in [6, 6.07) is 6.61. The Kier molecular flexibility index (Phi) is 4.10. The first kappa shape index (κ1) is 12.5. The van der Waals surface area contributed by atoms with Gasteiger partial charge in [0.05, 0.1) is 12.1 Å². The van der Waals surface area contributed by atoms with Crippen LogP contribution in [0.15, 0.2) is 24.3 Å². The molecule has 0 amide bonds. The van der Waals surface area contributed by atoms with Gasteiger partial charge in [0.1, 0.15) is 5.82 Å². The quantitative estimate of drug-likeness (QED) is 0.585. The first-order valence-corrected chi connectivity index (χ1v) is 5.98. The van der Waals surface area contributed by atoms with Gasteiger partial charge in [0.25, 0.3) is 0 Å². The van der Waals surface area contributed by atoms with Crippen LogP contribution in [0.2, 0.25) is 0 Å². The van der Waals surface area contributed by atoms with Gasteiger partial charge in [-0.25, -0.2) is 4.39 Å². The molecule has 0 spiro atoms. The Balaban J connectivity index is 2.00. The van der Waals surface area contributed by atoms with Gasteiger partial charge >= 0.3 is 0 Å². The van der Waals surface area contributed by atoms with E-state index in [-0.39, 0.29) is 18.0 Å². The fourth-order valence-electron chi connectivity index (χ4n) is 2.25. The first-order valence-electron chi connectivity index (χ1n) is 5.98. The molecule has 17 heavy (non-hydrogen) atoms. The molecule has 1 aliphatic carbocycles. The summed E-state index contributed by atoms with van der Waals surface area (Å²) in [5.74, 6) is 5.99. The first-order chi connectivity index (χ1) is 8.24. The van der Waals surface area contributed by atoms with Crippen molar-refractivity contribution in [1.82, 2.24) is 5.43 Å². The molecule has 0 saturated heterocycles. The Bertz CT molecular complexity index is 351. The number of hydrogen-bond donors (Lipinski definition) is 2. The van der Waals surface area contributed by atoms with Gasteiger partial charge in [0.2, 0.25) is 0 Å². The molecular weight excluding hydrogens is 219 g/mol. The van der Waals surface area contributed by atoms with Gasteiger partial charge in [0.15, 0.2) is 0 Å². The molecule has 0 heterocycles. The standard InChI is InChI=1S/C13H19FN2O/c1-17-13(10-4-5-10)12(16-15)8-9-2-6-11(14)7-3-9/h2-3,6-7,10,12-13,16H,4-5,8,15H2,1H3. The number of nitrogens with one attached hydrogen (secondary N) is 1. The number of benzene rings is 1. The molecule has 94 valence electrons. The van der Waals surface area contributed by atoms with Crippen LogP contribution in [-0.4, -0.2) is 19.3 Å². The smallest absolute Gasteiger partial charge is 0.123 e. The molecule has 0 bridgehead atoms. The molecule has 2 rings (SSSR count). The van der Waals surface area contributed by atoms with Gasteiger partial charge in [-0.05, 0) is 42.9 Å². The average molecular weight is 238 g/mol. The highest BCUT2D eigenvalue weighted by molar-refractivity contribution is 5.17. The van der Waals surface area contributed by atoms with Crippen molar-refractivity contribution in [3.63, 3.8) is 0 Å². The topological polar surface area (TPSA) is 47.3 Å². The predicted molar refractivity (Wildman–Crippen MR) is 64.7 cm³/mol. The molecule has 3 nitrogen and oxygen atoms in total. The molecule has 2 atom stereocenters. The van der Waals surface area contributed by atoms with Gasteiger partial charge in [-0.15, -0.1) is 0 Å². The van der Waals surface area contributed by atoms with Gasteiger partial charge in [-0.2, -0.15) is 0 Å². The van der Waals surface area contributed by atoms with E-state index in [1.807, 2.05) is 0 Å². The second-order valence-electron chi connectivity index (χ2n) is 4.64. The van der Waals surface area contributed by atoms with Crippen LogP contribution in [0.4, 0.5) is 4.39 Å². The Labute approximate surface area is 101 Å². The molecule has 3 N–H and O–H groups in total. The third kappa shape index (κ3) is 3.25. The van der Waals surface area contributed by atoms with Crippen molar-refractivity contribution < 1.29 is 9.13 Å². The third-order valence-corrected chi connectivity index (χ3v) is 3.34. The fourth-order valence-corrected chi connectivity index (χ4v) is 2.25. The lowest BCUT2D eigenvalue weighted by Crippen LogP contribution is -2.47. The molecule has 1 aliphatic rings. The Morgan fingerprint density at radius 3 is 2.53 bits per heavy atom. The van der Waals surface area contributed by atoms with Crippen molar-refractivity contribution >= 4 is 0 Å². The summed E-state index contributed by atoms with van der Waals surface area (Å²) in [5, 5.41) is 0. The summed E-state index contributed by atoms with van der Waals surface area (Å²) in [5.41, 5.74) is 3.89. The monoisotopic (exact) mass is 238 g/mol. The number of ether oxygens (including phenoxy) is 1. The van der Waals surface area contributed by atoms with Crippen molar-refractivity contribution in [2.45, 2.75) is 31.4 Å². The van der Waals surface area contributed by atoms with E-state index in [4.69, 9.17) is 10.6 Å². The summed E-state index contributed by atoms with van der Waals surface area (Å²) < 4.78 is 18.3. The predicted octanol–water partition coefficient (Wildman–Crippen LogP) is 1.63. The molecule has 1 fully saturated rings. The minimum Gasteiger partial charge on any atom is -0.379 e. The second-order valence-corrected chi connectivity index (χ2v) is 4.64. The average Bonchev–Trinajstić information content (AvgIpc) is 3.16. The maximum Gasteiger partial charge on any atom is 0.123 e. The van der Waals surface area contributed by atoms with Gasteiger partial charge in [0, 0.05) is 7.11 Å². The van der Waals surface area contributed by atoms with E-state index < -0.39 is 0 Å². The Morgan fingerprint density at radius 1 is 1.41 bits per heavy atom. The van der Waals surface area contributed by atoms with Crippen molar-refractivity contribution in [3.8, 4) is 0 Å². The molecule has 2 unspecified atom stereocenters. The van der Waals surface area contributed by atoms with E-state index in [9.17, 15) is 4.39 Å². The van der Waals surface area contributed by atoms with Crippen LogP contribution in [-0.2, 0) is 11.2 Å². The summed E-state index contributed by atoms with van der Waals surface area (Å²) >= 11 is 0. The number of nitrogens with two attached hydrogens (primary N) is 1. The number of halogens is 1. The van der Waals surface area contributed by atoms with Crippen LogP contribution < -0.4 is 11.3 Å². The highest BCUT2D eigenvalue weighted by Crippen LogP contribution is 2.36. The zero-order valence-corrected chi connectivity index (χ0v) is 10.0. The summed E-state index contributed by atoms with van der Waals surface area (Å²) in [6.45, 7) is 0. The molecular formula is C13H19FN2O. The lowest BCUT2D eigenvalue weighted by atomic mass is 9.99. The van der Waals surface area contributed by atoms with E-state index in [1.54, 1.807) is 19.2 Å². The van der Waals surface area contributed by atoms with E-state index in [2.05, 4.69) is 5.43 Å². The molecule has 1 aromatic rings. The molecule has 0 aromatic heterocycles. The molecule has 4 heteroatoms. The maximum atomic E-state index is 12.8. The lowest BCUT2D eigenvalue weighted by Gasteiger charge is -2.25.